The number of hydrogen-bond donors (Lipinski definition) is 2. The molecule has 0 spiro atoms. The standard InChI is InChI=1S/C28H23ClN6O4/c1-13-11-16(15(3)30-19-6-8-22(29)32-23(19)27-33-28(37)39-34-27)26-17(12-13)24(36)14(2)25(38-26)20-5-7-21-18(31-20)9-10-35(21)4/h5-12,15,30H,1-4H3,(H,33,34,37)/t15-/m1/s1. The number of hydrogen-bond acceptors (Lipinski definition) is 8. The molecule has 0 aliphatic heterocycles. The second-order valence-electron chi connectivity index (χ2n) is 9.48. The minimum Gasteiger partial charge on any atom is -0.454 e. The van der Waals surface area contributed by atoms with Crippen LogP contribution in [0.15, 0.2) is 67.2 Å². The van der Waals surface area contributed by atoms with E-state index in [9.17, 15) is 9.59 Å². The van der Waals surface area contributed by atoms with Gasteiger partial charge in [-0.1, -0.05) is 22.8 Å². The highest BCUT2D eigenvalue weighted by atomic mass is 35.5. The van der Waals surface area contributed by atoms with Crippen LogP contribution in [0.2, 0.25) is 5.15 Å². The summed E-state index contributed by atoms with van der Waals surface area (Å²) in [6.45, 7) is 5.62. The van der Waals surface area contributed by atoms with Gasteiger partial charge in [-0.25, -0.2) is 14.8 Å². The summed E-state index contributed by atoms with van der Waals surface area (Å²) in [5, 5.41) is 7.85. The minimum absolute atomic E-state index is 0.118. The molecule has 0 aliphatic rings. The van der Waals surface area contributed by atoms with E-state index in [0.717, 1.165) is 22.2 Å². The third kappa shape index (κ3) is 4.28. The van der Waals surface area contributed by atoms with Crippen LogP contribution < -0.4 is 16.5 Å². The zero-order chi connectivity index (χ0) is 27.4. The lowest BCUT2D eigenvalue weighted by Gasteiger charge is -2.20. The molecule has 5 heterocycles. The summed E-state index contributed by atoms with van der Waals surface area (Å²) in [4.78, 5) is 36.7. The second kappa shape index (κ2) is 9.25. The Kier molecular flexibility index (Phi) is 5.84. The second-order valence-corrected chi connectivity index (χ2v) is 9.87. The van der Waals surface area contributed by atoms with Crippen LogP contribution in [0.5, 0.6) is 0 Å². The molecule has 0 amide bonds. The molecule has 0 saturated heterocycles. The number of pyridine rings is 2. The van der Waals surface area contributed by atoms with Gasteiger partial charge in [0.25, 0.3) is 0 Å². The predicted octanol–water partition coefficient (Wildman–Crippen LogP) is 5.53. The Bertz CT molecular complexity index is 2020. The van der Waals surface area contributed by atoms with Gasteiger partial charge in [-0.15, -0.1) is 0 Å². The molecule has 1 aromatic carbocycles. The fourth-order valence-electron chi connectivity index (χ4n) is 4.79. The number of benzene rings is 1. The summed E-state index contributed by atoms with van der Waals surface area (Å²) in [6.07, 6.45) is 1.94. The van der Waals surface area contributed by atoms with E-state index in [1.807, 2.05) is 62.0 Å². The Balaban J connectivity index is 1.49. The molecular weight excluding hydrogens is 520 g/mol. The van der Waals surface area contributed by atoms with Crippen molar-refractivity contribution < 1.29 is 8.94 Å². The largest absolute Gasteiger partial charge is 0.454 e. The molecule has 2 N–H and O–H groups in total. The first-order valence-corrected chi connectivity index (χ1v) is 12.6. The SMILES string of the molecule is Cc1cc([C@@H](C)Nc2ccc(Cl)nc2-c2noc(=O)[nH]2)c2oc(-c3ccc4c(ccn4C)n3)c(C)c(=O)c2c1. The molecule has 196 valence electrons. The van der Waals surface area contributed by atoms with Crippen LogP contribution in [0.4, 0.5) is 5.69 Å². The zero-order valence-electron chi connectivity index (χ0n) is 21.5. The van der Waals surface area contributed by atoms with Gasteiger partial charge >= 0.3 is 5.76 Å². The lowest BCUT2D eigenvalue weighted by molar-refractivity contribution is 0.388. The molecule has 10 nitrogen and oxygen atoms in total. The van der Waals surface area contributed by atoms with Crippen LogP contribution in [0.1, 0.15) is 29.7 Å². The zero-order valence-corrected chi connectivity index (χ0v) is 22.3. The number of aromatic amines is 1. The molecule has 0 saturated carbocycles. The van der Waals surface area contributed by atoms with Crippen molar-refractivity contribution in [2.24, 2.45) is 7.05 Å². The maximum atomic E-state index is 13.6. The van der Waals surface area contributed by atoms with Crippen LogP contribution >= 0.6 is 11.6 Å². The summed E-state index contributed by atoms with van der Waals surface area (Å²) in [5.41, 5.74) is 5.74. The number of aromatic nitrogens is 5. The summed E-state index contributed by atoms with van der Waals surface area (Å²) in [6, 6.07) is 12.6. The summed E-state index contributed by atoms with van der Waals surface area (Å²) in [5.74, 6) is -0.148. The lowest BCUT2D eigenvalue weighted by atomic mass is 9.99. The fraction of sp³-hybridized carbons (Fsp3) is 0.179. The number of rotatable bonds is 5. The molecule has 0 fully saturated rings. The third-order valence-corrected chi connectivity index (χ3v) is 6.94. The van der Waals surface area contributed by atoms with Gasteiger partial charge in [0.2, 0.25) is 5.82 Å². The Hall–Kier alpha value is -4.70. The van der Waals surface area contributed by atoms with Crippen molar-refractivity contribution in [3.63, 3.8) is 0 Å². The fourth-order valence-corrected chi connectivity index (χ4v) is 4.93. The van der Waals surface area contributed by atoms with Crippen molar-refractivity contribution in [2.75, 3.05) is 5.32 Å². The molecule has 0 bridgehead atoms. The first-order valence-electron chi connectivity index (χ1n) is 12.2. The van der Waals surface area contributed by atoms with Gasteiger partial charge in [-0.3, -0.25) is 14.3 Å². The Morgan fingerprint density at radius 1 is 1.08 bits per heavy atom. The minimum atomic E-state index is -0.706. The van der Waals surface area contributed by atoms with Gasteiger partial charge in [0.15, 0.2) is 11.2 Å². The van der Waals surface area contributed by atoms with Gasteiger partial charge in [0.1, 0.15) is 22.1 Å². The van der Waals surface area contributed by atoms with E-state index in [0.29, 0.717) is 39.4 Å². The quantitative estimate of drug-likeness (QED) is 0.272. The summed E-state index contributed by atoms with van der Waals surface area (Å²) < 4.78 is 13.1. The van der Waals surface area contributed by atoms with Gasteiger partial charge in [-0.2, -0.15) is 0 Å². The molecule has 1 atom stereocenters. The van der Waals surface area contributed by atoms with Gasteiger partial charge in [0.05, 0.1) is 28.1 Å². The van der Waals surface area contributed by atoms with E-state index >= 15 is 0 Å². The van der Waals surface area contributed by atoms with E-state index in [4.69, 9.17) is 21.0 Å². The highest BCUT2D eigenvalue weighted by Gasteiger charge is 2.21. The van der Waals surface area contributed by atoms with E-state index in [1.165, 1.54) is 0 Å². The molecule has 6 aromatic rings. The topological polar surface area (TPSA) is 132 Å². The molecule has 6 rings (SSSR count). The van der Waals surface area contributed by atoms with E-state index in [1.54, 1.807) is 19.1 Å². The number of nitrogens with zero attached hydrogens (tertiary/aromatic N) is 4. The van der Waals surface area contributed by atoms with E-state index in [2.05, 4.69) is 25.0 Å². The number of H-pyrrole nitrogens is 1. The maximum Gasteiger partial charge on any atom is 0.439 e. The lowest BCUT2D eigenvalue weighted by Crippen LogP contribution is -2.13. The molecular formula is C28H23ClN6O4. The van der Waals surface area contributed by atoms with Crippen LogP contribution in [0.25, 0.3) is 45.0 Å². The Morgan fingerprint density at radius 2 is 1.90 bits per heavy atom. The van der Waals surface area contributed by atoms with Crippen molar-refractivity contribution in [1.82, 2.24) is 24.7 Å². The number of aryl methyl sites for hydroxylation is 2. The third-order valence-electron chi connectivity index (χ3n) is 6.73. The van der Waals surface area contributed by atoms with Crippen LogP contribution in [-0.2, 0) is 7.05 Å². The van der Waals surface area contributed by atoms with Crippen LogP contribution in [0, 0.1) is 13.8 Å². The number of fused-ring (bicyclic) bond motifs is 2. The average molecular weight is 543 g/mol. The van der Waals surface area contributed by atoms with Crippen molar-refractivity contribution in [3.8, 4) is 23.0 Å². The van der Waals surface area contributed by atoms with Gasteiger partial charge < -0.3 is 14.3 Å². The molecule has 0 unspecified atom stereocenters. The number of halogens is 1. The van der Waals surface area contributed by atoms with Gasteiger partial charge in [-0.05, 0) is 62.7 Å². The molecule has 11 heteroatoms. The molecule has 39 heavy (non-hydrogen) atoms. The maximum absolute atomic E-state index is 13.6. The highest BCUT2D eigenvalue weighted by Crippen LogP contribution is 2.34. The van der Waals surface area contributed by atoms with E-state index < -0.39 is 5.76 Å². The van der Waals surface area contributed by atoms with Crippen molar-refractivity contribution in [3.05, 3.63) is 91.3 Å². The number of nitrogens with one attached hydrogen (secondary N) is 2. The first-order chi connectivity index (χ1) is 18.7. The normalized spacial score (nSPS) is 12.3. The van der Waals surface area contributed by atoms with Crippen molar-refractivity contribution in [2.45, 2.75) is 26.8 Å². The average Bonchev–Trinajstić information content (AvgIpc) is 3.52. The first kappa shape index (κ1) is 24.6. The number of anilines is 1. The van der Waals surface area contributed by atoms with Crippen LogP contribution in [-0.4, -0.2) is 24.7 Å². The Labute approximate surface area is 226 Å². The molecule has 0 radical (unpaired) electrons. The summed E-state index contributed by atoms with van der Waals surface area (Å²) in [7, 11) is 1.95. The summed E-state index contributed by atoms with van der Waals surface area (Å²) >= 11 is 6.13. The van der Waals surface area contributed by atoms with Crippen molar-refractivity contribution in [1.29, 1.82) is 0 Å². The van der Waals surface area contributed by atoms with Gasteiger partial charge in [0, 0.05) is 24.4 Å². The van der Waals surface area contributed by atoms with Crippen LogP contribution in [0.3, 0.4) is 0 Å². The highest BCUT2D eigenvalue weighted by molar-refractivity contribution is 6.29. The molecule has 0 aliphatic carbocycles. The van der Waals surface area contributed by atoms with E-state index in [-0.39, 0.29) is 22.4 Å². The smallest absolute Gasteiger partial charge is 0.439 e. The van der Waals surface area contributed by atoms with Crippen molar-refractivity contribution >= 4 is 39.3 Å². The predicted molar refractivity (Wildman–Crippen MR) is 149 cm³/mol. The monoisotopic (exact) mass is 542 g/mol. The molecule has 5 aromatic heterocycles. The Morgan fingerprint density at radius 3 is 2.67 bits per heavy atom.